The summed E-state index contributed by atoms with van der Waals surface area (Å²) in [7, 11) is 1.48. The Bertz CT molecular complexity index is 784. The van der Waals surface area contributed by atoms with Crippen LogP contribution in [0.25, 0.3) is 12.2 Å². The van der Waals surface area contributed by atoms with Crippen molar-refractivity contribution in [3.63, 3.8) is 0 Å². The van der Waals surface area contributed by atoms with E-state index in [0.29, 0.717) is 29.2 Å². The molecule has 0 saturated carbocycles. The van der Waals surface area contributed by atoms with Crippen LogP contribution in [0.15, 0.2) is 34.6 Å². The molecule has 1 heterocycles. The van der Waals surface area contributed by atoms with Gasteiger partial charge < -0.3 is 19.4 Å². The predicted octanol–water partition coefficient (Wildman–Crippen LogP) is 3.77. The van der Waals surface area contributed by atoms with Crippen molar-refractivity contribution in [2.45, 2.75) is 20.3 Å². The lowest BCUT2D eigenvalue weighted by atomic mass is 9.98. The number of aromatic carboxylic acids is 1. The third-order valence-electron chi connectivity index (χ3n) is 3.40. The lowest BCUT2D eigenvalue weighted by molar-refractivity contribution is 0.0693. The molecule has 0 bridgehead atoms. The van der Waals surface area contributed by atoms with Crippen LogP contribution >= 0.6 is 0 Å². The molecule has 0 radical (unpaired) electrons. The molecular formula is C18H19NO5. The SMILES string of the molecule is COc1cc(/C=C/c2ncco2)c(C(=O)O)c(O)c1CC=C(C)C. The van der Waals surface area contributed by atoms with Crippen LogP contribution in [0.1, 0.15) is 41.2 Å². The highest BCUT2D eigenvalue weighted by Gasteiger charge is 2.21. The highest BCUT2D eigenvalue weighted by atomic mass is 16.5. The van der Waals surface area contributed by atoms with Crippen LogP contribution in [-0.2, 0) is 6.42 Å². The average Bonchev–Trinajstić information content (AvgIpc) is 3.03. The van der Waals surface area contributed by atoms with Crippen molar-refractivity contribution in [2.24, 2.45) is 0 Å². The molecule has 0 unspecified atom stereocenters. The fourth-order valence-corrected chi connectivity index (χ4v) is 2.22. The number of aromatic hydroxyl groups is 1. The molecular weight excluding hydrogens is 310 g/mol. The first kappa shape index (κ1) is 17.3. The Labute approximate surface area is 139 Å². The maximum atomic E-state index is 11.6. The number of phenols is 1. The van der Waals surface area contributed by atoms with Gasteiger partial charge in [0.05, 0.1) is 13.3 Å². The minimum Gasteiger partial charge on any atom is -0.507 e. The number of rotatable bonds is 6. The van der Waals surface area contributed by atoms with Crippen molar-refractivity contribution in [3.05, 3.63) is 52.8 Å². The van der Waals surface area contributed by atoms with Crippen LogP contribution < -0.4 is 4.74 Å². The number of hydrogen-bond acceptors (Lipinski definition) is 5. The van der Waals surface area contributed by atoms with Gasteiger partial charge in [-0.15, -0.1) is 0 Å². The van der Waals surface area contributed by atoms with Gasteiger partial charge in [-0.3, -0.25) is 0 Å². The van der Waals surface area contributed by atoms with Gasteiger partial charge in [0.2, 0.25) is 5.89 Å². The number of benzene rings is 1. The molecule has 0 aliphatic heterocycles. The predicted molar refractivity (Wildman–Crippen MR) is 90.2 cm³/mol. The molecule has 0 saturated heterocycles. The Kier molecular flexibility index (Phi) is 5.42. The van der Waals surface area contributed by atoms with E-state index in [-0.39, 0.29) is 11.3 Å². The number of hydrogen-bond donors (Lipinski definition) is 2. The second-order valence-corrected chi connectivity index (χ2v) is 5.36. The lowest BCUT2D eigenvalue weighted by Gasteiger charge is -2.14. The van der Waals surface area contributed by atoms with E-state index in [1.165, 1.54) is 31.7 Å². The number of oxazole rings is 1. The molecule has 1 aromatic carbocycles. The van der Waals surface area contributed by atoms with E-state index < -0.39 is 5.97 Å². The largest absolute Gasteiger partial charge is 0.507 e. The van der Waals surface area contributed by atoms with Crippen LogP contribution in [0.4, 0.5) is 0 Å². The number of carboxylic acids is 1. The Morgan fingerprint density at radius 3 is 2.67 bits per heavy atom. The summed E-state index contributed by atoms with van der Waals surface area (Å²) >= 11 is 0. The standard InChI is InChI=1S/C18H19NO5/c1-11(2)4-6-13-14(23-3)10-12(16(17(13)20)18(21)22)5-7-15-19-8-9-24-15/h4-5,7-10,20H,6H2,1-3H3,(H,21,22)/b7-5+. The van der Waals surface area contributed by atoms with Gasteiger partial charge in [-0.1, -0.05) is 11.6 Å². The van der Waals surface area contributed by atoms with Gasteiger partial charge >= 0.3 is 5.97 Å². The van der Waals surface area contributed by atoms with Crippen LogP contribution in [0.3, 0.4) is 0 Å². The number of ether oxygens (including phenoxy) is 1. The van der Waals surface area contributed by atoms with E-state index in [4.69, 9.17) is 9.15 Å². The summed E-state index contributed by atoms with van der Waals surface area (Å²) in [5, 5.41) is 19.9. The van der Waals surface area contributed by atoms with E-state index in [1.807, 2.05) is 19.9 Å². The zero-order valence-corrected chi connectivity index (χ0v) is 13.7. The molecule has 0 aliphatic carbocycles. The molecule has 0 fully saturated rings. The van der Waals surface area contributed by atoms with Gasteiger partial charge in [0.15, 0.2) is 0 Å². The lowest BCUT2D eigenvalue weighted by Crippen LogP contribution is -2.04. The number of nitrogens with zero attached hydrogens (tertiary/aromatic N) is 1. The number of allylic oxidation sites excluding steroid dienone is 2. The maximum absolute atomic E-state index is 11.6. The minimum absolute atomic E-state index is 0.184. The van der Waals surface area contributed by atoms with E-state index in [0.717, 1.165) is 5.57 Å². The molecule has 0 amide bonds. The Morgan fingerprint density at radius 1 is 1.38 bits per heavy atom. The molecule has 2 N–H and O–H groups in total. The monoisotopic (exact) mass is 329 g/mol. The quantitative estimate of drug-likeness (QED) is 0.784. The van der Waals surface area contributed by atoms with Gasteiger partial charge in [-0.25, -0.2) is 9.78 Å². The van der Waals surface area contributed by atoms with E-state index in [1.54, 1.807) is 6.07 Å². The van der Waals surface area contributed by atoms with Crippen LogP contribution in [0.5, 0.6) is 11.5 Å². The summed E-state index contributed by atoms with van der Waals surface area (Å²) in [4.78, 5) is 15.5. The Morgan fingerprint density at radius 2 is 2.12 bits per heavy atom. The van der Waals surface area contributed by atoms with Crippen molar-refractivity contribution in [2.75, 3.05) is 7.11 Å². The first-order valence-corrected chi connectivity index (χ1v) is 7.31. The third kappa shape index (κ3) is 3.84. The average molecular weight is 329 g/mol. The van der Waals surface area contributed by atoms with E-state index >= 15 is 0 Å². The molecule has 2 rings (SSSR count). The van der Waals surface area contributed by atoms with Crippen LogP contribution in [-0.4, -0.2) is 28.3 Å². The molecule has 126 valence electrons. The molecule has 2 aromatic rings. The molecule has 0 spiro atoms. The van der Waals surface area contributed by atoms with Crippen molar-refractivity contribution < 1.29 is 24.2 Å². The zero-order chi connectivity index (χ0) is 17.7. The van der Waals surface area contributed by atoms with E-state index in [9.17, 15) is 15.0 Å². The van der Waals surface area contributed by atoms with Gasteiger partial charge in [0, 0.05) is 11.6 Å². The Hall–Kier alpha value is -3.02. The zero-order valence-electron chi connectivity index (χ0n) is 13.7. The van der Waals surface area contributed by atoms with Crippen molar-refractivity contribution in [1.82, 2.24) is 4.98 Å². The summed E-state index contributed by atoms with van der Waals surface area (Å²) < 4.78 is 10.4. The summed E-state index contributed by atoms with van der Waals surface area (Å²) in [6.45, 7) is 3.85. The molecule has 6 nitrogen and oxygen atoms in total. The first-order valence-electron chi connectivity index (χ1n) is 7.31. The highest BCUT2D eigenvalue weighted by Crippen LogP contribution is 2.36. The molecule has 0 aliphatic rings. The minimum atomic E-state index is -1.22. The number of carbonyl (C=O) groups is 1. The normalized spacial score (nSPS) is 10.8. The number of aromatic nitrogens is 1. The van der Waals surface area contributed by atoms with Gasteiger partial charge in [0.25, 0.3) is 0 Å². The maximum Gasteiger partial charge on any atom is 0.340 e. The summed E-state index contributed by atoms with van der Waals surface area (Å²) in [6, 6.07) is 1.58. The van der Waals surface area contributed by atoms with Gasteiger partial charge in [-0.2, -0.15) is 0 Å². The number of carboxylic acid groups (broad SMARTS) is 1. The molecule has 0 atom stereocenters. The van der Waals surface area contributed by atoms with Crippen molar-refractivity contribution >= 4 is 18.1 Å². The van der Waals surface area contributed by atoms with Crippen LogP contribution in [0, 0.1) is 0 Å². The first-order chi connectivity index (χ1) is 11.4. The van der Waals surface area contributed by atoms with Crippen LogP contribution in [0.2, 0.25) is 0 Å². The fraction of sp³-hybridized carbons (Fsp3) is 0.222. The topological polar surface area (TPSA) is 92.8 Å². The second kappa shape index (κ2) is 7.50. The Balaban J connectivity index is 2.56. The van der Waals surface area contributed by atoms with Gasteiger partial charge in [0.1, 0.15) is 23.3 Å². The molecule has 24 heavy (non-hydrogen) atoms. The summed E-state index contributed by atoms with van der Waals surface area (Å²) in [5.41, 5.74) is 1.61. The highest BCUT2D eigenvalue weighted by molar-refractivity contribution is 5.97. The van der Waals surface area contributed by atoms with Gasteiger partial charge in [-0.05, 0) is 38.0 Å². The third-order valence-corrected chi connectivity index (χ3v) is 3.40. The number of methoxy groups -OCH3 is 1. The summed E-state index contributed by atoms with van der Waals surface area (Å²) in [5.74, 6) is -0.771. The smallest absolute Gasteiger partial charge is 0.340 e. The van der Waals surface area contributed by atoms with Crippen molar-refractivity contribution in [3.8, 4) is 11.5 Å². The second-order valence-electron chi connectivity index (χ2n) is 5.36. The summed E-state index contributed by atoms with van der Waals surface area (Å²) in [6.07, 6.45) is 8.21. The molecule has 6 heteroatoms. The van der Waals surface area contributed by atoms with Crippen molar-refractivity contribution in [1.29, 1.82) is 0 Å². The van der Waals surface area contributed by atoms with E-state index in [2.05, 4.69) is 4.98 Å². The molecule has 1 aromatic heterocycles. The fourth-order valence-electron chi connectivity index (χ4n) is 2.22.